The molecule has 1 aromatic heterocycles. The van der Waals surface area contributed by atoms with E-state index < -0.39 is 10.0 Å². The molecule has 1 aliphatic heterocycles. The summed E-state index contributed by atoms with van der Waals surface area (Å²) >= 11 is 0. The van der Waals surface area contributed by atoms with Gasteiger partial charge in [0.05, 0.1) is 24.9 Å². The first-order valence-corrected chi connectivity index (χ1v) is 7.52. The molecule has 1 saturated heterocycles. The van der Waals surface area contributed by atoms with Crippen molar-refractivity contribution in [2.45, 2.75) is 38.6 Å². The van der Waals surface area contributed by atoms with E-state index in [2.05, 4.69) is 5.16 Å². The second-order valence-electron chi connectivity index (χ2n) is 4.81. The Morgan fingerprint density at radius 3 is 2.56 bits per heavy atom. The zero-order chi connectivity index (χ0) is 13.3. The lowest BCUT2D eigenvalue weighted by Gasteiger charge is -2.38. The van der Waals surface area contributed by atoms with Crippen LogP contribution in [0.4, 0.5) is 0 Å². The first kappa shape index (κ1) is 13.5. The number of aromatic nitrogens is 1. The monoisotopic (exact) mass is 274 g/mol. The molecule has 1 fully saturated rings. The lowest BCUT2D eigenvalue weighted by molar-refractivity contribution is -0.0437. The standard InChI is InChI=1S/C11H18N2O4S/c1-8(2)13(10-5-16-6-10)18(14,15)7-11-4-9(3)12-17-11/h4,8,10H,5-7H2,1-3H3. The van der Waals surface area contributed by atoms with Crippen molar-refractivity contribution in [3.05, 3.63) is 17.5 Å². The first-order chi connectivity index (χ1) is 8.40. The van der Waals surface area contributed by atoms with Gasteiger partial charge >= 0.3 is 0 Å². The average Bonchev–Trinajstić information content (AvgIpc) is 2.55. The van der Waals surface area contributed by atoms with Crippen molar-refractivity contribution in [2.24, 2.45) is 0 Å². The molecule has 18 heavy (non-hydrogen) atoms. The van der Waals surface area contributed by atoms with E-state index in [1.165, 1.54) is 4.31 Å². The molecule has 0 aromatic carbocycles. The molecular weight excluding hydrogens is 256 g/mol. The molecule has 0 radical (unpaired) electrons. The summed E-state index contributed by atoms with van der Waals surface area (Å²) in [6, 6.07) is 1.50. The summed E-state index contributed by atoms with van der Waals surface area (Å²) in [5, 5.41) is 3.70. The predicted molar refractivity (Wildman–Crippen MR) is 65.4 cm³/mol. The minimum absolute atomic E-state index is 0.0565. The highest BCUT2D eigenvalue weighted by Crippen LogP contribution is 2.21. The Morgan fingerprint density at radius 2 is 2.17 bits per heavy atom. The summed E-state index contributed by atoms with van der Waals surface area (Å²) in [7, 11) is -3.40. The highest BCUT2D eigenvalue weighted by Gasteiger charge is 2.37. The van der Waals surface area contributed by atoms with Crippen molar-refractivity contribution < 1.29 is 17.7 Å². The second kappa shape index (κ2) is 4.99. The van der Waals surface area contributed by atoms with Crippen molar-refractivity contribution in [3.8, 4) is 0 Å². The van der Waals surface area contributed by atoms with E-state index in [0.29, 0.717) is 24.7 Å². The average molecular weight is 274 g/mol. The van der Waals surface area contributed by atoms with E-state index >= 15 is 0 Å². The van der Waals surface area contributed by atoms with Crippen LogP contribution in [0.1, 0.15) is 25.3 Å². The fourth-order valence-corrected chi connectivity index (χ4v) is 3.94. The lowest BCUT2D eigenvalue weighted by Crippen LogP contribution is -2.54. The molecule has 0 N–H and O–H groups in total. The van der Waals surface area contributed by atoms with E-state index in [4.69, 9.17) is 9.26 Å². The molecule has 0 amide bonds. The predicted octanol–water partition coefficient (Wildman–Crippen LogP) is 0.922. The Hall–Kier alpha value is -0.920. The highest BCUT2D eigenvalue weighted by molar-refractivity contribution is 7.88. The SMILES string of the molecule is Cc1cc(CS(=O)(=O)N(C(C)C)C2COC2)on1. The van der Waals surface area contributed by atoms with Crippen molar-refractivity contribution in [1.82, 2.24) is 9.46 Å². The van der Waals surface area contributed by atoms with Crippen LogP contribution in [0, 0.1) is 6.92 Å². The molecule has 0 saturated carbocycles. The van der Waals surface area contributed by atoms with Gasteiger partial charge in [-0.25, -0.2) is 8.42 Å². The summed E-state index contributed by atoms with van der Waals surface area (Å²) in [5.41, 5.74) is 0.684. The number of rotatable bonds is 5. The van der Waals surface area contributed by atoms with Gasteiger partial charge in [-0.1, -0.05) is 5.16 Å². The summed E-state index contributed by atoms with van der Waals surface area (Å²) in [5.74, 6) is 0.223. The van der Waals surface area contributed by atoms with Crippen LogP contribution in [0.2, 0.25) is 0 Å². The number of aryl methyl sites for hydroxylation is 1. The minimum atomic E-state index is -3.40. The maximum Gasteiger partial charge on any atom is 0.222 e. The number of sulfonamides is 1. The molecule has 102 valence electrons. The van der Waals surface area contributed by atoms with Crippen LogP contribution < -0.4 is 0 Å². The minimum Gasteiger partial charge on any atom is -0.378 e. The van der Waals surface area contributed by atoms with Gasteiger partial charge < -0.3 is 9.26 Å². The van der Waals surface area contributed by atoms with Crippen molar-refractivity contribution >= 4 is 10.0 Å². The smallest absolute Gasteiger partial charge is 0.222 e. The van der Waals surface area contributed by atoms with Gasteiger partial charge in [0.1, 0.15) is 5.75 Å². The third-order valence-corrected chi connectivity index (χ3v) is 4.82. The van der Waals surface area contributed by atoms with Gasteiger partial charge in [0.25, 0.3) is 0 Å². The Labute approximate surface area is 107 Å². The molecule has 0 atom stereocenters. The molecule has 2 rings (SSSR count). The second-order valence-corrected chi connectivity index (χ2v) is 6.68. The molecular formula is C11H18N2O4S. The summed E-state index contributed by atoms with van der Waals surface area (Å²) in [6.45, 7) is 6.42. The Morgan fingerprint density at radius 1 is 1.50 bits per heavy atom. The van der Waals surface area contributed by atoms with Crippen LogP contribution >= 0.6 is 0 Å². The van der Waals surface area contributed by atoms with Crippen LogP contribution in [0.3, 0.4) is 0 Å². The van der Waals surface area contributed by atoms with Crippen LogP contribution in [-0.2, 0) is 20.5 Å². The van der Waals surface area contributed by atoms with Gasteiger partial charge in [-0.3, -0.25) is 0 Å². The zero-order valence-corrected chi connectivity index (χ0v) is 11.6. The number of nitrogens with zero attached hydrogens (tertiary/aromatic N) is 2. The molecule has 7 heteroatoms. The molecule has 0 spiro atoms. The topological polar surface area (TPSA) is 72.6 Å². The summed E-state index contributed by atoms with van der Waals surface area (Å²) in [4.78, 5) is 0. The van der Waals surface area contributed by atoms with Crippen LogP contribution in [0.15, 0.2) is 10.6 Å². The van der Waals surface area contributed by atoms with Gasteiger partial charge in [0, 0.05) is 12.1 Å². The molecule has 1 aliphatic rings. The van der Waals surface area contributed by atoms with Crippen LogP contribution in [-0.4, -0.2) is 43.2 Å². The first-order valence-electron chi connectivity index (χ1n) is 5.91. The maximum absolute atomic E-state index is 12.4. The fourth-order valence-electron chi connectivity index (χ4n) is 2.08. The third-order valence-electron chi connectivity index (χ3n) is 2.81. The third kappa shape index (κ3) is 2.73. The van der Waals surface area contributed by atoms with E-state index in [1.807, 2.05) is 13.8 Å². The van der Waals surface area contributed by atoms with E-state index in [-0.39, 0.29) is 17.8 Å². The normalized spacial score (nSPS) is 17.4. The molecule has 2 heterocycles. The van der Waals surface area contributed by atoms with Gasteiger partial charge in [-0.15, -0.1) is 0 Å². The molecule has 6 nitrogen and oxygen atoms in total. The van der Waals surface area contributed by atoms with E-state index in [9.17, 15) is 8.42 Å². The number of hydrogen-bond donors (Lipinski definition) is 0. The van der Waals surface area contributed by atoms with E-state index in [0.717, 1.165) is 0 Å². The fraction of sp³-hybridized carbons (Fsp3) is 0.727. The van der Waals surface area contributed by atoms with Crippen LogP contribution in [0.25, 0.3) is 0 Å². The zero-order valence-electron chi connectivity index (χ0n) is 10.8. The van der Waals surface area contributed by atoms with Gasteiger partial charge in [0.2, 0.25) is 10.0 Å². The lowest BCUT2D eigenvalue weighted by atomic mass is 10.2. The maximum atomic E-state index is 12.4. The largest absolute Gasteiger partial charge is 0.378 e. The molecule has 0 aliphatic carbocycles. The van der Waals surface area contributed by atoms with Crippen molar-refractivity contribution in [1.29, 1.82) is 0 Å². The highest BCUT2D eigenvalue weighted by atomic mass is 32.2. The summed E-state index contributed by atoms with van der Waals surface area (Å²) in [6.07, 6.45) is 0. The van der Waals surface area contributed by atoms with Gasteiger partial charge in [-0.2, -0.15) is 4.31 Å². The van der Waals surface area contributed by atoms with Gasteiger partial charge in [0.15, 0.2) is 5.76 Å². The Bertz CT molecular complexity index is 505. The molecule has 0 bridgehead atoms. The van der Waals surface area contributed by atoms with Gasteiger partial charge in [-0.05, 0) is 20.8 Å². The molecule has 0 unspecified atom stereocenters. The van der Waals surface area contributed by atoms with Crippen LogP contribution in [0.5, 0.6) is 0 Å². The molecule has 1 aromatic rings. The quantitative estimate of drug-likeness (QED) is 0.798. The van der Waals surface area contributed by atoms with E-state index in [1.54, 1.807) is 13.0 Å². The van der Waals surface area contributed by atoms with Crippen molar-refractivity contribution in [2.75, 3.05) is 13.2 Å². The Kier molecular flexibility index (Phi) is 3.74. The summed E-state index contributed by atoms with van der Waals surface area (Å²) < 4.78 is 36.3. The Balaban J connectivity index is 2.17. The van der Waals surface area contributed by atoms with Crippen molar-refractivity contribution in [3.63, 3.8) is 0 Å². The number of ether oxygens (including phenoxy) is 1. The number of hydrogen-bond acceptors (Lipinski definition) is 5.